The highest BCUT2D eigenvalue weighted by Crippen LogP contribution is 2.20. The van der Waals surface area contributed by atoms with Crippen LogP contribution in [-0.2, 0) is 6.42 Å². The van der Waals surface area contributed by atoms with Gasteiger partial charge in [0.05, 0.1) is 6.20 Å². The minimum absolute atomic E-state index is 0.0108. The minimum Gasteiger partial charge on any atom is -0.427 e. The molecule has 2 aromatic heterocycles. The van der Waals surface area contributed by atoms with Crippen molar-refractivity contribution < 1.29 is 13.6 Å². The normalized spacial score (nSPS) is 17.1. The summed E-state index contributed by atoms with van der Waals surface area (Å²) in [5.41, 5.74) is 0.197. The van der Waals surface area contributed by atoms with Gasteiger partial charge in [-0.05, 0) is 49.9 Å². The predicted octanol–water partition coefficient (Wildman–Crippen LogP) is 3.42. The molecule has 1 fully saturated rings. The molecular weight excluding hydrogens is 373 g/mol. The monoisotopic (exact) mass is 401 g/mol. The lowest BCUT2D eigenvalue weighted by atomic mass is 10.0. The molecule has 2 aromatic rings. The van der Waals surface area contributed by atoms with Crippen molar-refractivity contribution in [3.8, 4) is 0 Å². The summed E-state index contributed by atoms with van der Waals surface area (Å²) < 4.78 is 18.5. The maximum absolute atomic E-state index is 13.1. The lowest BCUT2D eigenvalue weighted by molar-refractivity contribution is 0.0720. The molecule has 29 heavy (non-hydrogen) atoms. The molecule has 0 spiro atoms. The lowest BCUT2D eigenvalue weighted by Crippen LogP contribution is -2.54. The number of hydrogen-bond acceptors (Lipinski definition) is 5. The first-order chi connectivity index (χ1) is 13.8. The van der Waals surface area contributed by atoms with E-state index in [1.54, 1.807) is 24.0 Å². The second-order valence-electron chi connectivity index (χ2n) is 8.12. The van der Waals surface area contributed by atoms with Gasteiger partial charge in [-0.1, -0.05) is 13.8 Å². The van der Waals surface area contributed by atoms with Gasteiger partial charge in [-0.25, -0.2) is 14.2 Å². The van der Waals surface area contributed by atoms with Crippen LogP contribution in [0.3, 0.4) is 0 Å². The number of pyridine rings is 1. The highest BCUT2D eigenvalue weighted by molar-refractivity contribution is 5.95. The molecule has 0 aromatic carbocycles. The largest absolute Gasteiger partial charge is 0.427 e. The number of hydrogen-bond donors (Lipinski definition) is 0. The molecule has 1 saturated heterocycles. The second kappa shape index (κ2) is 8.76. The number of anilines is 1. The summed E-state index contributed by atoms with van der Waals surface area (Å²) in [5.74, 6) is 1.13. The Balaban J connectivity index is 1.73. The van der Waals surface area contributed by atoms with Crippen molar-refractivity contribution in [1.29, 1.82) is 0 Å². The summed E-state index contributed by atoms with van der Waals surface area (Å²) >= 11 is 0. The molecule has 6 nitrogen and oxygen atoms in total. The average molecular weight is 401 g/mol. The maximum Gasteiger partial charge on any atom is 0.349 e. The summed E-state index contributed by atoms with van der Waals surface area (Å²) in [6, 6.07) is 4.81. The molecule has 3 rings (SSSR count). The third-order valence-electron chi connectivity index (χ3n) is 5.30. The molecule has 1 aliphatic rings. The first kappa shape index (κ1) is 21.0. The van der Waals surface area contributed by atoms with E-state index >= 15 is 0 Å². The van der Waals surface area contributed by atoms with Gasteiger partial charge in [0.25, 0.3) is 5.91 Å². The Hall–Kier alpha value is -2.70. The van der Waals surface area contributed by atoms with Gasteiger partial charge in [0, 0.05) is 32.1 Å². The van der Waals surface area contributed by atoms with E-state index < -0.39 is 5.63 Å². The zero-order valence-corrected chi connectivity index (χ0v) is 17.4. The van der Waals surface area contributed by atoms with Crippen molar-refractivity contribution >= 4 is 11.7 Å². The summed E-state index contributed by atoms with van der Waals surface area (Å²) in [7, 11) is 0. The molecule has 3 heterocycles. The number of aryl methyl sites for hydroxylation is 2. The van der Waals surface area contributed by atoms with Gasteiger partial charge in [0.1, 0.15) is 23.0 Å². The quantitative estimate of drug-likeness (QED) is 0.768. The highest BCUT2D eigenvalue weighted by atomic mass is 19.1. The number of carbonyl (C=O) groups excluding carboxylic acids is 1. The van der Waals surface area contributed by atoms with Crippen LogP contribution in [-0.4, -0.2) is 41.5 Å². The summed E-state index contributed by atoms with van der Waals surface area (Å²) in [5, 5.41) is 0. The van der Waals surface area contributed by atoms with E-state index in [-0.39, 0.29) is 23.3 Å². The van der Waals surface area contributed by atoms with E-state index in [9.17, 15) is 14.0 Å². The Morgan fingerprint density at radius 1 is 1.34 bits per heavy atom. The van der Waals surface area contributed by atoms with Crippen LogP contribution < -0.4 is 10.5 Å². The Morgan fingerprint density at radius 2 is 2.10 bits per heavy atom. The lowest BCUT2D eigenvalue weighted by Gasteiger charge is -2.40. The fraction of sp³-hybridized carbons (Fsp3) is 0.500. The van der Waals surface area contributed by atoms with Crippen molar-refractivity contribution in [2.24, 2.45) is 5.92 Å². The first-order valence-corrected chi connectivity index (χ1v) is 10.1. The fourth-order valence-electron chi connectivity index (χ4n) is 3.66. The summed E-state index contributed by atoms with van der Waals surface area (Å²) in [6.07, 6.45) is 2.80. The van der Waals surface area contributed by atoms with Crippen molar-refractivity contribution in [3.63, 3.8) is 0 Å². The van der Waals surface area contributed by atoms with E-state index in [4.69, 9.17) is 4.42 Å². The number of carbonyl (C=O) groups is 1. The summed E-state index contributed by atoms with van der Waals surface area (Å²) in [6.45, 7) is 9.46. The van der Waals surface area contributed by atoms with Crippen LogP contribution >= 0.6 is 0 Å². The predicted molar refractivity (Wildman–Crippen MR) is 110 cm³/mol. The van der Waals surface area contributed by atoms with Crippen LogP contribution in [0.5, 0.6) is 0 Å². The third-order valence-corrected chi connectivity index (χ3v) is 5.30. The van der Waals surface area contributed by atoms with Crippen LogP contribution in [0, 0.1) is 18.7 Å². The molecule has 7 heteroatoms. The second-order valence-corrected chi connectivity index (χ2v) is 8.12. The number of nitrogens with zero attached hydrogens (tertiary/aromatic N) is 3. The van der Waals surface area contributed by atoms with E-state index in [0.29, 0.717) is 49.1 Å². The number of amides is 1. The fourth-order valence-corrected chi connectivity index (χ4v) is 3.66. The van der Waals surface area contributed by atoms with E-state index in [0.717, 1.165) is 6.42 Å². The Kier molecular flexibility index (Phi) is 6.35. The SMILES string of the molecule is Cc1cc(CCC(C)C)oc(=O)c1C(=O)N1CCN(c2ccc(F)cn2)C(C)C1. The number of rotatable bonds is 5. The Labute approximate surface area is 170 Å². The molecule has 0 saturated carbocycles. The molecule has 0 N–H and O–H groups in total. The number of piperazine rings is 1. The van der Waals surface area contributed by atoms with Gasteiger partial charge < -0.3 is 14.2 Å². The van der Waals surface area contributed by atoms with Crippen LogP contribution in [0.15, 0.2) is 33.6 Å². The molecule has 0 radical (unpaired) electrons. The van der Waals surface area contributed by atoms with Gasteiger partial charge in [0.15, 0.2) is 0 Å². The van der Waals surface area contributed by atoms with Crippen molar-refractivity contribution in [2.75, 3.05) is 24.5 Å². The van der Waals surface area contributed by atoms with Crippen LogP contribution in [0.25, 0.3) is 0 Å². The van der Waals surface area contributed by atoms with Crippen molar-refractivity contribution in [2.45, 2.75) is 46.6 Å². The van der Waals surface area contributed by atoms with E-state index in [1.807, 2.05) is 11.8 Å². The maximum atomic E-state index is 13.1. The number of aromatic nitrogens is 1. The highest BCUT2D eigenvalue weighted by Gasteiger charge is 2.30. The average Bonchev–Trinajstić information content (AvgIpc) is 2.66. The summed E-state index contributed by atoms with van der Waals surface area (Å²) in [4.78, 5) is 33.4. The van der Waals surface area contributed by atoms with Crippen LogP contribution in [0.4, 0.5) is 10.2 Å². The topological polar surface area (TPSA) is 66.7 Å². The molecule has 1 unspecified atom stereocenters. The van der Waals surface area contributed by atoms with Crippen molar-refractivity contribution in [3.05, 3.63) is 57.5 Å². The molecule has 156 valence electrons. The smallest absolute Gasteiger partial charge is 0.349 e. The minimum atomic E-state index is -0.566. The van der Waals surface area contributed by atoms with Gasteiger partial charge in [-0.15, -0.1) is 0 Å². The zero-order valence-electron chi connectivity index (χ0n) is 17.4. The Bertz CT molecular complexity index is 924. The van der Waals surface area contributed by atoms with Gasteiger partial charge in [-0.2, -0.15) is 0 Å². The van der Waals surface area contributed by atoms with Gasteiger partial charge >= 0.3 is 5.63 Å². The van der Waals surface area contributed by atoms with Crippen molar-refractivity contribution in [1.82, 2.24) is 9.88 Å². The molecule has 1 atom stereocenters. The van der Waals surface area contributed by atoms with Gasteiger partial charge in [0.2, 0.25) is 0 Å². The molecular formula is C22H28FN3O3. The molecule has 0 bridgehead atoms. The van der Waals surface area contributed by atoms with Gasteiger partial charge in [-0.3, -0.25) is 4.79 Å². The van der Waals surface area contributed by atoms with Crippen LogP contribution in [0.2, 0.25) is 0 Å². The Morgan fingerprint density at radius 3 is 2.69 bits per heavy atom. The molecule has 1 amide bonds. The standard InChI is InChI=1S/C22H28FN3O3/c1-14(2)5-7-18-11-15(3)20(22(28)29-18)21(27)25-9-10-26(16(4)13-25)19-8-6-17(23)12-24-19/h6,8,11-12,14,16H,5,7,9-10,13H2,1-4H3. The third kappa shape index (κ3) is 4.83. The zero-order chi connectivity index (χ0) is 21.1. The van der Waals surface area contributed by atoms with E-state index in [2.05, 4.69) is 18.8 Å². The molecule has 0 aliphatic carbocycles. The van der Waals surface area contributed by atoms with Crippen LogP contribution in [0.1, 0.15) is 48.9 Å². The first-order valence-electron chi connectivity index (χ1n) is 10.1. The van der Waals surface area contributed by atoms with E-state index in [1.165, 1.54) is 12.3 Å². The molecule has 1 aliphatic heterocycles. The number of halogens is 1.